The number of nitrogens with one attached hydrogen (secondary N) is 1. The van der Waals surface area contributed by atoms with Gasteiger partial charge >= 0.3 is 0 Å². The standard InChI is InChI=1S/C15H23NO3/c1-11-6-5-7-12(13(11)17)14(18)16-10-15(2,3)8-9-19-4/h5-7,17H,8-10H2,1-4H3,(H,16,18). The van der Waals surface area contributed by atoms with Gasteiger partial charge in [-0.15, -0.1) is 0 Å². The Kier molecular flexibility index (Phi) is 5.36. The van der Waals surface area contributed by atoms with Crippen molar-refractivity contribution in [1.29, 1.82) is 0 Å². The van der Waals surface area contributed by atoms with Crippen molar-refractivity contribution >= 4 is 5.91 Å². The van der Waals surface area contributed by atoms with E-state index in [0.717, 1.165) is 6.42 Å². The number of hydrogen-bond donors (Lipinski definition) is 2. The molecule has 0 radical (unpaired) electrons. The van der Waals surface area contributed by atoms with Gasteiger partial charge in [-0.2, -0.15) is 0 Å². The third kappa shape index (κ3) is 4.56. The molecule has 1 aromatic carbocycles. The molecule has 0 heterocycles. The molecule has 0 aliphatic rings. The average Bonchev–Trinajstić information content (AvgIpc) is 2.37. The van der Waals surface area contributed by atoms with Crippen LogP contribution in [0.4, 0.5) is 0 Å². The Morgan fingerprint density at radius 3 is 2.74 bits per heavy atom. The molecule has 106 valence electrons. The summed E-state index contributed by atoms with van der Waals surface area (Å²) in [5.41, 5.74) is 0.985. The highest BCUT2D eigenvalue weighted by Crippen LogP contribution is 2.22. The van der Waals surface area contributed by atoms with E-state index in [1.54, 1.807) is 32.2 Å². The molecule has 1 amide bonds. The second-order valence-electron chi connectivity index (χ2n) is 5.56. The SMILES string of the molecule is COCCC(C)(C)CNC(=O)c1cccc(C)c1O. The molecule has 1 rings (SSSR count). The number of phenolic OH excluding ortho intramolecular Hbond substituents is 1. The predicted molar refractivity (Wildman–Crippen MR) is 75.5 cm³/mol. The second-order valence-corrected chi connectivity index (χ2v) is 5.56. The van der Waals surface area contributed by atoms with Gasteiger partial charge in [-0.1, -0.05) is 26.0 Å². The Hall–Kier alpha value is -1.55. The maximum atomic E-state index is 12.0. The molecule has 0 saturated carbocycles. The van der Waals surface area contributed by atoms with Crippen LogP contribution in [0.5, 0.6) is 5.75 Å². The number of aromatic hydroxyl groups is 1. The van der Waals surface area contributed by atoms with E-state index < -0.39 is 0 Å². The van der Waals surface area contributed by atoms with Crippen LogP contribution in [0, 0.1) is 12.3 Å². The van der Waals surface area contributed by atoms with E-state index >= 15 is 0 Å². The molecule has 4 nitrogen and oxygen atoms in total. The topological polar surface area (TPSA) is 58.6 Å². The Labute approximate surface area is 114 Å². The fourth-order valence-corrected chi connectivity index (χ4v) is 1.72. The number of rotatable bonds is 6. The lowest BCUT2D eigenvalue weighted by Gasteiger charge is -2.24. The highest BCUT2D eigenvalue weighted by Gasteiger charge is 2.20. The maximum absolute atomic E-state index is 12.0. The predicted octanol–water partition coefficient (Wildman–Crippen LogP) is 2.49. The van der Waals surface area contributed by atoms with Gasteiger partial charge in [0.05, 0.1) is 5.56 Å². The molecule has 0 bridgehead atoms. The monoisotopic (exact) mass is 265 g/mol. The molecule has 0 atom stereocenters. The van der Waals surface area contributed by atoms with Crippen LogP contribution >= 0.6 is 0 Å². The Morgan fingerprint density at radius 1 is 1.42 bits per heavy atom. The molecule has 0 unspecified atom stereocenters. The highest BCUT2D eigenvalue weighted by molar-refractivity contribution is 5.97. The summed E-state index contributed by atoms with van der Waals surface area (Å²) in [6, 6.07) is 5.16. The van der Waals surface area contributed by atoms with Crippen LogP contribution in [0.2, 0.25) is 0 Å². The van der Waals surface area contributed by atoms with Gasteiger partial charge in [-0.05, 0) is 30.4 Å². The number of ether oxygens (including phenoxy) is 1. The number of benzene rings is 1. The molecule has 0 aliphatic heterocycles. The van der Waals surface area contributed by atoms with Gasteiger partial charge in [0.25, 0.3) is 5.91 Å². The quantitative estimate of drug-likeness (QED) is 0.831. The zero-order valence-electron chi connectivity index (χ0n) is 12.1. The first-order valence-corrected chi connectivity index (χ1v) is 6.43. The summed E-state index contributed by atoms with van der Waals surface area (Å²) in [5, 5.41) is 12.7. The van der Waals surface area contributed by atoms with E-state index in [4.69, 9.17) is 4.74 Å². The Bertz CT molecular complexity index is 441. The third-order valence-corrected chi connectivity index (χ3v) is 3.19. The van der Waals surface area contributed by atoms with E-state index in [1.165, 1.54) is 0 Å². The normalized spacial score (nSPS) is 11.4. The lowest BCUT2D eigenvalue weighted by Crippen LogP contribution is -2.34. The molecule has 0 saturated heterocycles. The number of amides is 1. The van der Waals surface area contributed by atoms with E-state index in [1.807, 2.05) is 0 Å². The molecule has 0 aliphatic carbocycles. The van der Waals surface area contributed by atoms with Gasteiger partial charge in [0.2, 0.25) is 0 Å². The zero-order valence-corrected chi connectivity index (χ0v) is 12.1. The van der Waals surface area contributed by atoms with Gasteiger partial charge in [0.1, 0.15) is 5.75 Å². The van der Waals surface area contributed by atoms with Gasteiger partial charge in [0, 0.05) is 20.3 Å². The summed E-state index contributed by atoms with van der Waals surface area (Å²) < 4.78 is 5.05. The number of hydrogen-bond acceptors (Lipinski definition) is 3. The minimum Gasteiger partial charge on any atom is -0.507 e. The van der Waals surface area contributed by atoms with Crippen molar-refractivity contribution in [2.75, 3.05) is 20.3 Å². The molecule has 0 spiro atoms. The molecule has 0 aromatic heterocycles. The summed E-state index contributed by atoms with van der Waals surface area (Å²) in [6.45, 7) is 7.13. The van der Waals surface area contributed by atoms with Crippen molar-refractivity contribution in [2.45, 2.75) is 27.2 Å². The van der Waals surface area contributed by atoms with Crippen LogP contribution in [-0.2, 0) is 4.74 Å². The number of para-hydroxylation sites is 1. The summed E-state index contributed by atoms with van der Waals surface area (Å²) in [7, 11) is 1.67. The Balaban J connectivity index is 2.63. The van der Waals surface area contributed by atoms with Crippen molar-refractivity contribution < 1.29 is 14.6 Å². The fourth-order valence-electron chi connectivity index (χ4n) is 1.72. The van der Waals surface area contributed by atoms with E-state index in [2.05, 4.69) is 19.2 Å². The van der Waals surface area contributed by atoms with Gasteiger partial charge < -0.3 is 15.2 Å². The van der Waals surface area contributed by atoms with Gasteiger partial charge in [-0.3, -0.25) is 4.79 Å². The smallest absolute Gasteiger partial charge is 0.255 e. The van der Waals surface area contributed by atoms with Crippen LogP contribution in [0.1, 0.15) is 36.2 Å². The fraction of sp³-hybridized carbons (Fsp3) is 0.533. The molecule has 2 N–H and O–H groups in total. The molecular weight excluding hydrogens is 242 g/mol. The van der Waals surface area contributed by atoms with E-state index in [0.29, 0.717) is 24.3 Å². The maximum Gasteiger partial charge on any atom is 0.255 e. The third-order valence-electron chi connectivity index (χ3n) is 3.19. The first kappa shape index (κ1) is 15.5. The van der Waals surface area contributed by atoms with Crippen molar-refractivity contribution in [3.05, 3.63) is 29.3 Å². The average molecular weight is 265 g/mol. The molecule has 0 fully saturated rings. The van der Waals surface area contributed by atoms with Crippen LogP contribution in [0.15, 0.2) is 18.2 Å². The van der Waals surface area contributed by atoms with Crippen molar-refractivity contribution in [1.82, 2.24) is 5.32 Å². The first-order valence-electron chi connectivity index (χ1n) is 6.43. The summed E-state index contributed by atoms with van der Waals surface area (Å²) in [6.07, 6.45) is 0.865. The van der Waals surface area contributed by atoms with E-state index in [9.17, 15) is 9.90 Å². The number of carbonyl (C=O) groups is 1. The summed E-state index contributed by atoms with van der Waals surface area (Å²) in [5.74, 6) is -0.193. The number of methoxy groups -OCH3 is 1. The van der Waals surface area contributed by atoms with Crippen LogP contribution in [0.25, 0.3) is 0 Å². The van der Waals surface area contributed by atoms with Crippen LogP contribution in [-0.4, -0.2) is 31.3 Å². The largest absolute Gasteiger partial charge is 0.507 e. The highest BCUT2D eigenvalue weighted by atomic mass is 16.5. The Morgan fingerprint density at radius 2 is 2.11 bits per heavy atom. The van der Waals surface area contributed by atoms with E-state index in [-0.39, 0.29) is 17.1 Å². The van der Waals surface area contributed by atoms with Crippen molar-refractivity contribution in [3.8, 4) is 5.75 Å². The van der Waals surface area contributed by atoms with Crippen molar-refractivity contribution in [2.24, 2.45) is 5.41 Å². The van der Waals surface area contributed by atoms with Gasteiger partial charge in [0.15, 0.2) is 0 Å². The molecular formula is C15H23NO3. The summed E-state index contributed by atoms with van der Waals surface area (Å²) >= 11 is 0. The number of aryl methyl sites for hydroxylation is 1. The minimum atomic E-state index is -0.244. The first-order chi connectivity index (χ1) is 8.87. The van der Waals surface area contributed by atoms with Crippen molar-refractivity contribution in [3.63, 3.8) is 0 Å². The lowest BCUT2D eigenvalue weighted by molar-refractivity contribution is 0.0918. The zero-order chi connectivity index (χ0) is 14.5. The van der Waals surface area contributed by atoms with Crippen LogP contribution in [0.3, 0.4) is 0 Å². The molecule has 1 aromatic rings. The second kappa shape index (κ2) is 6.57. The molecule has 4 heteroatoms. The number of carbonyl (C=O) groups excluding carboxylic acids is 1. The molecule has 19 heavy (non-hydrogen) atoms. The van der Waals surface area contributed by atoms with Crippen LogP contribution < -0.4 is 5.32 Å². The minimum absolute atomic E-state index is 0.0366. The number of phenols is 1. The van der Waals surface area contributed by atoms with Gasteiger partial charge in [-0.25, -0.2) is 0 Å². The lowest BCUT2D eigenvalue weighted by atomic mass is 9.89. The summed E-state index contributed by atoms with van der Waals surface area (Å²) in [4.78, 5) is 12.0.